The Hall–Kier alpha value is -0.620. The van der Waals surface area contributed by atoms with Crippen molar-refractivity contribution in [3.63, 3.8) is 0 Å². The third kappa shape index (κ3) is 6.78. The highest BCUT2D eigenvalue weighted by Gasteiger charge is 2.13. The van der Waals surface area contributed by atoms with Gasteiger partial charge < -0.3 is 20.1 Å². The Bertz CT molecular complexity index is 413. The summed E-state index contributed by atoms with van der Waals surface area (Å²) in [7, 11) is 3.47. The summed E-state index contributed by atoms with van der Waals surface area (Å²) in [4.78, 5) is 2.35. The van der Waals surface area contributed by atoms with Gasteiger partial charge in [-0.15, -0.1) is 0 Å². The van der Waals surface area contributed by atoms with Crippen LogP contribution in [0.15, 0.2) is 22.7 Å². The lowest BCUT2D eigenvalue weighted by Gasteiger charge is -2.28. The first kappa shape index (κ1) is 18.4. The molecule has 1 aromatic carbocycles. The van der Waals surface area contributed by atoms with Gasteiger partial charge in [0, 0.05) is 50.1 Å². The number of benzene rings is 1. The van der Waals surface area contributed by atoms with E-state index in [4.69, 9.17) is 15.2 Å². The van der Waals surface area contributed by atoms with Crippen LogP contribution in [-0.4, -0.2) is 46.6 Å². The largest absolute Gasteiger partial charge is 0.385 e. The highest BCUT2D eigenvalue weighted by Crippen LogP contribution is 2.26. The summed E-state index contributed by atoms with van der Waals surface area (Å²) in [6.07, 6.45) is 1.86. The van der Waals surface area contributed by atoms with Gasteiger partial charge in [-0.2, -0.15) is 0 Å². The van der Waals surface area contributed by atoms with E-state index in [-0.39, 0.29) is 6.04 Å². The minimum atomic E-state index is 0.146. The van der Waals surface area contributed by atoms with Crippen molar-refractivity contribution in [3.05, 3.63) is 28.2 Å². The first-order valence-electron chi connectivity index (χ1n) is 7.35. The third-order valence-electron chi connectivity index (χ3n) is 3.27. The maximum absolute atomic E-state index is 5.98. The lowest BCUT2D eigenvalue weighted by Crippen LogP contribution is -2.30. The van der Waals surface area contributed by atoms with Crippen molar-refractivity contribution < 1.29 is 9.47 Å². The van der Waals surface area contributed by atoms with Crippen LogP contribution in [0.25, 0.3) is 0 Å². The summed E-state index contributed by atoms with van der Waals surface area (Å²) in [5.41, 5.74) is 8.49. The Morgan fingerprint density at radius 2 is 1.90 bits per heavy atom. The maximum Gasteiger partial charge on any atom is 0.0637 e. The average Bonchev–Trinajstić information content (AvgIpc) is 2.44. The lowest BCUT2D eigenvalue weighted by molar-refractivity contribution is 0.191. The van der Waals surface area contributed by atoms with Crippen molar-refractivity contribution >= 4 is 21.6 Å². The molecule has 0 aliphatic rings. The fourth-order valence-corrected chi connectivity index (χ4v) is 2.65. The summed E-state index contributed by atoms with van der Waals surface area (Å²) in [5.74, 6) is 0. The molecule has 0 bridgehead atoms. The molecular weight excluding hydrogens is 332 g/mol. The minimum absolute atomic E-state index is 0.146. The highest BCUT2D eigenvalue weighted by molar-refractivity contribution is 9.10. The van der Waals surface area contributed by atoms with Crippen molar-refractivity contribution in [1.82, 2.24) is 0 Å². The van der Waals surface area contributed by atoms with Crippen LogP contribution < -0.4 is 10.6 Å². The Kier molecular flexibility index (Phi) is 8.92. The van der Waals surface area contributed by atoms with Crippen LogP contribution in [-0.2, 0) is 15.9 Å². The second-order valence-electron chi connectivity index (χ2n) is 5.28. The molecule has 2 N–H and O–H groups in total. The Morgan fingerprint density at radius 3 is 2.52 bits per heavy atom. The number of rotatable bonds is 10. The molecule has 1 atom stereocenters. The SMILES string of the molecule is COCCCN(CCOC)c1cc(Br)ccc1CC(C)N. The summed E-state index contributed by atoms with van der Waals surface area (Å²) in [6, 6.07) is 6.54. The van der Waals surface area contributed by atoms with E-state index in [0.29, 0.717) is 6.61 Å². The van der Waals surface area contributed by atoms with Crippen molar-refractivity contribution in [2.24, 2.45) is 5.73 Å². The number of methoxy groups -OCH3 is 2. The molecule has 21 heavy (non-hydrogen) atoms. The van der Waals surface area contributed by atoms with Crippen LogP contribution in [0.4, 0.5) is 5.69 Å². The van der Waals surface area contributed by atoms with E-state index in [0.717, 1.165) is 37.0 Å². The van der Waals surface area contributed by atoms with E-state index in [2.05, 4.69) is 39.0 Å². The number of nitrogens with zero attached hydrogens (tertiary/aromatic N) is 1. The molecule has 0 aliphatic carbocycles. The summed E-state index contributed by atoms with van der Waals surface area (Å²) in [6.45, 7) is 5.32. The van der Waals surface area contributed by atoms with Gasteiger partial charge in [0.25, 0.3) is 0 Å². The highest BCUT2D eigenvalue weighted by atomic mass is 79.9. The van der Waals surface area contributed by atoms with Gasteiger partial charge in [0.15, 0.2) is 0 Å². The van der Waals surface area contributed by atoms with Crippen LogP contribution in [0.3, 0.4) is 0 Å². The molecule has 0 amide bonds. The normalized spacial score (nSPS) is 12.4. The van der Waals surface area contributed by atoms with Crippen LogP contribution >= 0.6 is 15.9 Å². The fraction of sp³-hybridized carbons (Fsp3) is 0.625. The number of ether oxygens (including phenoxy) is 2. The van der Waals surface area contributed by atoms with E-state index in [1.165, 1.54) is 11.3 Å². The first-order valence-corrected chi connectivity index (χ1v) is 8.14. The zero-order valence-corrected chi connectivity index (χ0v) is 14.9. The smallest absolute Gasteiger partial charge is 0.0637 e. The molecule has 0 fully saturated rings. The van der Waals surface area contributed by atoms with Gasteiger partial charge >= 0.3 is 0 Å². The van der Waals surface area contributed by atoms with Crippen LogP contribution in [0.5, 0.6) is 0 Å². The topological polar surface area (TPSA) is 47.7 Å². The van der Waals surface area contributed by atoms with E-state index in [1.54, 1.807) is 14.2 Å². The van der Waals surface area contributed by atoms with Gasteiger partial charge in [-0.1, -0.05) is 22.0 Å². The third-order valence-corrected chi connectivity index (χ3v) is 3.76. The summed E-state index contributed by atoms with van der Waals surface area (Å²) in [5, 5.41) is 0. The lowest BCUT2D eigenvalue weighted by atomic mass is 10.0. The van der Waals surface area contributed by atoms with E-state index in [1.807, 2.05) is 6.92 Å². The van der Waals surface area contributed by atoms with E-state index in [9.17, 15) is 0 Å². The monoisotopic (exact) mass is 358 g/mol. The van der Waals surface area contributed by atoms with Gasteiger partial charge in [0.1, 0.15) is 0 Å². The number of anilines is 1. The Morgan fingerprint density at radius 1 is 1.19 bits per heavy atom. The Labute approximate surface area is 136 Å². The molecule has 1 rings (SSSR count). The Balaban J connectivity index is 2.93. The average molecular weight is 359 g/mol. The fourth-order valence-electron chi connectivity index (χ4n) is 2.30. The summed E-state index contributed by atoms with van der Waals surface area (Å²) >= 11 is 3.57. The van der Waals surface area contributed by atoms with Gasteiger partial charge in [-0.05, 0) is 37.5 Å². The van der Waals surface area contributed by atoms with Crippen LogP contribution in [0.1, 0.15) is 18.9 Å². The molecule has 0 spiro atoms. The van der Waals surface area contributed by atoms with Crippen LogP contribution in [0.2, 0.25) is 0 Å². The minimum Gasteiger partial charge on any atom is -0.385 e. The predicted octanol–water partition coefficient (Wildman–Crippen LogP) is 2.83. The molecule has 0 saturated heterocycles. The zero-order chi connectivity index (χ0) is 15.7. The molecule has 0 radical (unpaired) electrons. The van der Waals surface area contributed by atoms with Crippen LogP contribution in [0, 0.1) is 0 Å². The number of nitrogens with two attached hydrogens (primary N) is 1. The summed E-state index contributed by atoms with van der Waals surface area (Å²) < 4.78 is 11.5. The van der Waals surface area contributed by atoms with Crippen molar-refractivity contribution in [2.75, 3.05) is 45.4 Å². The van der Waals surface area contributed by atoms with Gasteiger partial charge in [-0.25, -0.2) is 0 Å². The predicted molar refractivity (Wildman–Crippen MR) is 92.1 cm³/mol. The standard InChI is InChI=1S/C16H27BrN2O2/c1-13(18)11-14-5-6-15(17)12-16(14)19(8-10-21-3)7-4-9-20-2/h5-6,12-13H,4,7-11,18H2,1-3H3. The molecule has 1 unspecified atom stereocenters. The molecule has 0 saturated carbocycles. The molecule has 0 aromatic heterocycles. The quantitative estimate of drug-likeness (QED) is 0.653. The van der Waals surface area contributed by atoms with E-state index >= 15 is 0 Å². The molecular formula is C16H27BrN2O2. The molecule has 5 heteroatoms. The van der Waals surface area contributed by atoms with Crippen molar-refractivity contribution in [1.29, 1.82) is 0 Å². The number of halogens is 1. The van der Waals surface area contributed by atoms with E-state index < -0.39 is 0 Å². The second kappa shape index (κ2) is 10.2. The molecule has 0 aliphatic heterocycles. The van der Waals surface area contributed by atoms with Crippen molar-refractivity contribution in [3.8, 4) is 0 Å². The molecule has 0 heterocycles. The maximum atomic E-state index is 5.98. The first-order chi connectivity index (χ1) is 10.1. The van der Waals surface area contributed by atoms with Crippen molar-refractivity contribution in [2.45, 2.75) is 25.8 Å². The van der Waals surface area contributed by atoms with Gasteiger partial charge in [0.2, 0.25) is 0 Å². The zero-order valence-electron chi connectivity index (χ0n) is 13.3. The second-order valence-corrected chi connectivity index (χ2v) is 6.20. The molecule has 4 nitrogen and oxygen atoms in total. The molecule has 120 valence electrons. The van der Waals surface area contributed by atoms with Gasteiger partial charge in [-0.3, -0.25) is 0 Å². The molecule has 1 aromatic rings. The number of hydrogen-bond acceptors (Lipinski definition) is 4. The number of hydrogen-bond donors (Lipinski definition) is 1. The van der Waals surface area contributed by atoms with Gasteiger partial charge in [0.05, 0.1) is 6.61 Å².